The summed E-state index contributed by atoms with van der Waals surface area (Å²) in [5, 5.41) is 23.6. The van der Waals surface area contributed by atoms with Crippen LogP contribution in [0.4, 0.5) is 5.69 Å². The van der Waals surface area contributed by atoms with Crippen molar-refractivity contribution in [1.82, 2.24) is 5.32 Å². The van der Waals surface area contributed by atoms with Gasteiger partial charge in [0.25, 0.3) is 5.91 Å². The van der Waals surface area contributed by atoms with Crippen molar-refractivity contribution >= 4 is 11.6 Å². The minimum Gasteiger partial charge on any atom is -0.489 e. The maximum absolute atomic E-state index is 12.0. The molecule has 0 spiro atoms. The molecule has 2 rings (SSSR count). The van der Waals surface area contributed by atoms with Crippen molar-refractivity contribution in [3.63, 3.8) is 0 Å². The number of fused-ring (bicyclic) bond motifs is 1. The molecule has 98 valence electrons. The number of para-hydroxylation sites is 1. The maximum atomic E-state index is 12.0. The Morgan fingerprint density at radius 1 is 1.44 bits per heavy atom. The molecule has 1 aliphatic rings. The number of amides is 1. The standard InChI is InChI=1S/C12H16N2O4/c15-6-8(7-16)14-12(17)9-2-1-3-10-11(9)18-5-4-13-10/h1-3,8,13,15-16H,4-7H2,(H,14,17). The minimum atomic E-state index is -0.662. The number of aliphatic hydroxyl groups excluding tert-OH is 2. The fraction of sp³-hybridized carbons (Fsp3) is 0.417. The lowest BCUT2D eigenvalue weighted by molar-refractivity contribution is 0.0875. The Bertz CT molecular complexity index is 432. The van der Waals surface area contributed by atoms with Gasteiger partial charge in [0.1, 0.15) is 6.61 Å². The lowest BCUT2D eigenvalue weighted by Gasteiger charge is -2.22. The molecule has 0 fully saturated rings. The van der Waals surface area contributed by atoms with Gasteiger partial charge in [-0.15, -0.1) is 0 Å². The highest BCUT2D eigenvalue weighted by Crippen LogP contribution is 2.31. The van der Waals surface area contributed by atoms with Crippen LogP contribution in [0.3, 0.4) is 0 Å². The summed E-state index contributed by atoms with van der Waals surface area (Å²) in [5.74, 6) is 0.138. The molecule has 0 aromatic heterocycles. The van der Waals surface area contributed by atoms with E-state index in [4.69, 9.17) is 14.9 Å². The molecule has 6 heteroatoms. The molecular weight excluding hydrogens is 236 g/mol. The van der Waals surface area contributed by atoms with Crippen LogP contribution in [0.1, 0.15) is 10.4 Å². The fourth-order valence-corrected chi connectivity index (χ4v) is 1.76. The van der Waals surface area contributed by atoms with Crippen LogP contribution in [0, 0.1) is 0 Å². The van der Waals surface area contributed by atoms with E-state index in [0.717, 1.165) is 5.69 Å². The van der Waals surface area contributed by atoms with Crippen LogP contribution < -0.4 is 15.4 Å². The maximum Gasteiger partial charge on any atom is 0.255 e. The summed E-state index contributed by atoms with van der Waals surface area (Å²) in [5.41, 5.74) is 1.17. The Balaban J connectivity index is 2.20. The van der Waals surface area contributed by atoms with Gasteiger partial charge in [0.05, 0.1) is 30.5 Å². The number of hydrogen-bond donors (Lipinski definition) is 4. The second-order valence-electron chi connectivity index (χ2n) is 3.99. The summed E-state index contributed by atoms with van der Waals surface area (Å²) in [6, 6.07) is 4.57. The third-order valence-corrected chi connectivity index (χ3v) is 2.70. The Kier molecular flexibility index (Phi) is 4.01. The molecule has 0 radical (unpaired) electrons. The van der Waals surface area contributed by atoms with E-state index < -0.39 is 6.04 Å². The molecule has 0 unspecified atom stereocenters. The Morgan fingerprint density at radius 3 is 2.94 bits per heavy atom. The first-order valence-corrected chi connectivity index (χ1v) is 5.78. The quantitative estimate of drug-likeness (QED) is 0.584. The minimum absolute atomic E-state index is 0.309. The van der Waals surface area contributed by atoms with Crippen molar-refractivity contribution in [3.05, 3.63) is 23.8 Å². The van der Waals surface area contributed by atoms with E-state index in [1.807, 2.05) is 6.07 Å². The van der Waals surface area contributed by atoms with Crippen molar-refractivity contribution in [1.29, 1.82) is 0 Å². The molecule has 0 atom stereocenters. The number of carbonyl (C=O) groups is 1. The van der Waals surface area contributed by atoms with Crippen molar-refractivity contribution in [2.75, 3.05) is 31.7 Å². The molecule has 1 aliphatic heterocycles. The molecule has 1 aromatic rings. The van der Waals surface area contributed by atoms with Crippen molar-refractivity contribution in [2.45, 2.75) is 6.04 Å². The van der Waals surface area contributed by atoms with E-state index in [2.05, 4.69) is 10.6 Å². The molecule has 6 nitrogen and oxygen atoms in total. The van der Waals surface area contributed by atoms with E-state index in [0.29, 0.717) is 24.5 Å². The van der Waals surface area contributed by atoms with E-state index in [1.54, 1.807) is 12.1 Å². The molecule has 18 heavy (non-hydrogen) atoms. The first-order valence-electron chi connectivity index (χ1n) is 5.78. The van der Waals surface area contributed by atoms with E-state index in [-0.39, 0.29) is 19.1 Å². The van der Waals surface area contributed by atoms with Crippen LogP contribution in [0.25, 0.3) is 0 Å². The Morgan fingerprint density at radius 2 is 2.22 bits per heavy atom. The zero-order chi connectivity index (χ0) is 13.0. The van der Waals surface area contributed by atoms with Gasteiger partial charge in [0.15, 0.2) is 5.75 Å². The molecule has 0 aliphatic carbocycles. The van der Waals surface area contributed by atoms with Crippen molar-refractivity contribution < 1.29 is 19.7 Å². The largest absolute Gasteiger partial charge is 0.489 e. The summed E-state index contributed by atoms with van der Waals surface area (Å²) < 4.78 is 5.48. The average Bonchev–Trinajstić information content (AvgIpc) is 2.43. The molecule has 0 saturated heterocycles. The van der Waals surface area contributed by atoms with E-state index in [9.17, 15) is 4.79 Å². The Labute approximate surface area is 105 Å². The van der Waals surface area contributed by atoms with E-state index in [1.165, 1.54) is 0 Å². The number of hydrogen-bond acceptors (Lipinski definition) is 5. The molecule has 1 amide bonds. The molecule has 0 saturated carbocycles. The van der Waals surface area contributed by atoms with Gasteiger partial charge < -0.3 is 25.6 Å². The summed E-state index contributed by atoms with van der Waals surface area (Å²) in [6.07, 6.45) is 0. The number of aliphatic hydroxyl groups is 2. The van der Waals surface area contributed by atoms with Crippen molar-refractivity contribution in [3.8, 4) is 5.75 Å². The highest BCUT2D eigenvalue weighted by molar-refractivity contribution is 5.99. The Hall–Kier alpha value is -1.79. The smallest absolute Gasteiger partial charge is 0.255 e. The molecule has 4 N–H and O–H groups in total. The number of carbonyl (C=O) groups excluding carboxylic acids is 1. The predicted octanol–water partition coefficient (Wildman–Crippen LogP) is -0.426. The fourth-order valence-electron chi connectivity index (χ4n) is 1.76. The zero-order valence-electron chi connectivity index (χ0n) is 9.85. The van der Waals surface area contributed by atoms with Crippen LogP contribution in [0.2, 0.25) is 0 Å². The van der Waals surface area contributed by atoms with Gasteiger partial charge in [-0.2, -0.15) is 0 Å². The summed E-state index contributed by atoms with van der Waals surface area (Å²) in [4.78, 5) is 12.0. The molecular formula is C12H16N2O4. The lowest BCUT2D eigenvalue weighted by Crippen LogP contribution is -2.40. The van der Waals surface area contributed by atoms with E-state index >= 15 is 0 Å². The molecule has 1 heterocycles. The molecule has 1 aromatic carbocycles. The number of nitrogens with one attached hydrogen (secondary N) is 2. The van der Waals surface area contributed by atoms with Gasteiger partial charge in [-0.3, -0.25) is 4.79 Å². The van der Waals surface area contributed by atoms with Crippen LogP contribution in [-0.2, 0) is 0 Å². The van der Waals surface area contributed by atoms with Gasteiger partial charge >= 0.3 is 0 Å². The van der Waals surface area contributed by atoms with Crippen LogP contribution in [0.5, 0.6) is 5.75 Å². The highest BCUT2D eigenvalue weighted by atomic mass is 16.5. The van der Waals surface area contributed by atoms with Crippen LogP contribution >= 0.6 is 0 Å². The normalized spacial score (nSPS) is 13.5. The number of rotatable bonds is 4. The second-order valence-corrected chi connectivity index (χ2v) is 3.99. The number of anilines is 1. The average molecular weight is 252 g/mol. The van der Waals surface area contributed by atoms with Gasteiger partial charge in [0, 0.05) is 6.54 Å². The monoisotopic (exact) mass is 252 g/mol. The SMILES string of the molecule is O=C(NC(CO)CO)c1cccc2c1OCCN2. The van der Waals surface area contributed by atoms with Crippen LogP contribution in [0.15, 0.2) is 18.2 Å². The topological polar surface area (TPSA) is 90.8 Å². The van der Waals surface area contributed by atoms with Gasteiger partial charge in [0.2, 0.25) is 0 Å². The summed E-state index contributed by atoms with van der Waals surface area (Å²) >= 11 is 0. The van der Waals surface area contributed by atoms with Gasteiger partial charge in [-0.1, -0.05) is 6.07 Å². The van der Waals surface area contributed by atoms with Crippen LogP contribution in [-0.4, -0.2) is 48.5 Å². The lowest BCUT2D eigenvalue weighted by atomic mass is 10.1. The third kappa shape index (κ3) is 2.55. The predicted molar refractivity (Wildman–Crippen MR) is 65.9 cm³/mol. The third-order valence-electron chi connectivity index (χ3n) is 2.70. The second kappa shape index (κ2) is 5.70. The van der Waals surface area contributed by atoms with Gasteiger partial charge in [-0.05, 0) is 12.1 Å². The van der Waals surface area contributed by atoms with Crippen molar-refractivity contribution in [2.24, 2.45) is 0 Å². The summed E-state index contributed by atoms with van der Waals surface area (Å²) in [6.45, 7) is 0.585. The first-order chi connectivity index (χ1) is 8.76. The first kappa shape index (κ1) is 12.7. The van der Waals surface area contributed by atoms with Gasteiger partial charge in [-0.25, -0.2) is 0 Å². The number of ether oxygens (including phenoxy) is 1. The summed E-state index contributed by atoms with van der Waals surface area (Å²) in [7, 11) is 0. The highest BCUT2D eigenvalue weighted by Gasteiger charge is 2.20. The molecule has 0 bridgehead atoms. The zero-order valence-corrected chi connectivity index (χ0v) is 9.85. The number of benzene rings is 1.